The number of pyridine rings is 1. The Balaban J connectivity index is 1.60. The number of nitrogens with one attached hydrogen (secondary N) is 1. The van der Waals surface area contributed by atoms with E-state index in [-0.39, 0.29) is 0 Å². The number of hydrogen-bond acceptors (Lipinski definition) is 3. The lowest BCUT2D eigenvalue weighted by Crippen LogP contribution is -2.44. The van der Waals surface area contributed by atoms with E-state index in [2.05, 4.69) is 37.2 Å². The molecule has 1 N–H and O–H groups in total. The third-order valence-corrected chi connectivity index (χ3v) is 4.51. The summed E-state index contributed by atoms with van der Waals surface area (Å²) in [4.78, 5) is 6.92. The zero-order valence-electron chi connectivity index (χ0n) is 11.3. The van der Waals surface area contributed by atoms with E-state index in [1.807, 2.05) is 12.4 Å². The highest BCUT2D eigenvalue weighted by Crippen LogP contribution is 2.29. The molecule has 1 saturated carbocycles. The number of nitrogens with zero attached hydrogens (tertiary/aromatic N) is 2. The van der Waals surface area contributed by atoms with Gasteiger partial charge in [-0.3, -0.25) is 9.88 Å². The van der Waals surface area contributed by atoms with Gasteiger partial charge in [0, 0.05) is 42.0 Å². The van der Waals surface area contributed by atoms with E-state index in [1.165, 1.54) is 50.8 Å². The van der Waals surface area contributed by atoms with Crippen LogP contribution in [-0.4, -0.2) is 35.1 Å². The minimum atomic E-state index is 0.689. The lowest BCUT2D eigenvalue weighted by atomic mass is 10.0. The molecule has 2 heterocycles. The SMILES string of the molecule is Brc1cncc(CN(CC2CCCCN2)C2CC2)c1. The normalized spacial score (nSPS) is 23.8. The summed E-state index contributed by atoms with van der Waals surface area (Å²) < 4.78 is 1.08. The molecule has 3 rings (SSSR count). The van der Waals surface area contributed by atoms with Crippen LogP contribution in [0.4, 0.5) is 0 Å². The summed E-state index contributed by atoms with van der Waals surface area (Å²) in [6.45, 7) is 3.42. The van der Waals surface area contributed by atoms with Gasteiger partial charge in [0.25, 0.3) is 0 Å². The molecular weight excluding hydrogens is 302 g/mol. The van der Waals surface area contributed by atoms with E-state index >= 15 is 0 Å². The summed E-state index contributed by atoms with van der Waals surface area (Å²) in [5.74, 6) is 0. The Kier molecular flexibility index (Phi) is 4.51. The Morgan fingerprint density at radius 3 is 2.84 bits per heavy atom. The van der Waals surface area contributed by atoms with Gasteiger partial charge in [-0.25, -0.2) is 0 Å². The molecule has 1 atom stereocenters. The molecular formula is C15H22BrN3. The summed E-state index contributed by atoms with van der Waals surface area (Å²) in [5, 5.41) is 3.66. The number of piperidine rings is 1. The summed E-state index contributed by atoms with van der Waals surface area (Å²) in [6, 6.07) is 3.69. The second-order valence-corrected chi connectivity index (χ2v) is 6.73. The summed E-state index contributed by atoms with van der Waals surface area (Å²) in [5.41, 5.74) is 1.32. The molecule has 0 radical (unpaired) electrons. The largest absolute Gasteiger partial charge is 0.313 e. The second kappa shape index (κ2) is 6.33. The van der Waals surface area contributed by atoms with Crippen molar-refractivity contribution in [1.82, 2.24) is 15.2 Å². The minimum Gasteiger partial charge on any atom is -0.313 e. The van der Waals surface area contributed by atoms with Gasteiger partial charge in [0.2, 0.25) is 0 Å². The lowest BCUT2D eigenvalue weighted by molar-refractivity contribution is 0.208. The van der Waals surface area contributed by atoms with Crippen molar-refractivity contribution >= 4 is 15.9 Å². The number of halogens is 1. The Hall–Kier alpha value is -0.450. The first-order valence-corrected chi connectivity index (χ1v) is 8.17. The van der Waals surface area contributed by atoms with Crippen LogP contribution < -0.4 is 5.32 Å². The van der Waals surface area contributed by atoms with Crippen molar-refractivity contribution in [2.24, 2.45) is 0 Å². The van der Waals surface area contributed by atoms with Crippen LogP contribution in [-0.2, 0) is 6.54 Å². The molecule has 1 aliphatic heterocycles. The average Bonchev–Trinajstić information content (AvgIpc) is 3.23. The van der Waals surface area contributed by atoms with Gasteiger partial charge in [0.1, 0.15) is 0 Å². The van der Waals surface area contributed by atoms with Crippen molar-refractivity contribution in [3.05, 3.63) is 28.5 Å². The van der Waals surface area contributed by atoms with Gasteiger partial charge in [-0.15, -0.1) is 0 Å². The predicted molar refractivity (Wildman–Crippen MR) is 81.0 cm³/mol. The zero-order chi connectivity index (χ0) is 13.1. The van der Waals surface area contributed by atoms with Gasteiger partial charge < -0.3 is 5.32 Å². The van der Waals surface area contributed by atoms with E-state index < -0.39 is 0 Å². The van der Waals surface area contributed by atoms with Crippen LogP contribution in [0.25, 0.3) is 0 Å². The highest BCUT2D eigenvalue weighted by atomic mass is 79.9. The molecule has 1 saturated heterocycles. The van der Waals surface area contributed by atoms with Gasteiger partial charge in [-0.1, -0.05) is 6.42 Å². The van der Waals surface area contributed by atoms with Gasteiger partial charge >= 0.3 is 0 Å². The topological polar surface area (TPSA) is 28.2 Å². The predicted octanol–water partition coefficient (Wildman–Crippen LogP) is 2.95. The molecule has 1 aliphatic carbocycles. The number of rotatable bonds is 5. The maximum absolute atomic E-state index is 4.27. The molecule has 2 aliphatic rings. The molecule has 2 fully saturated rings. The summed E-state index contributed by atoms with van der Waals surface area (Å²) in [6.07, 6.45) is 10.6. The van der Waals surface area contributed by atoms with Crippen molar-refractivity contribution in [1.29, 1.82) is 0 Å². The molecule has 4 heteroatoms. The fraction of sp³-hybridized carbons (Fsp3) is 0.667. The zero-order valence-corrected chi connectivity index (χ0v) is 12.9. The maximum atomic E-state index is 4.27. The van der Waals surface area contributed by atoms with Crippen molar-refractivity contribution in [3.63, 3.8) is 0 Å². The molecule has 3 nitrogen and oxygen atoms in total. The van der Waals surface area contributed by atoms with Crippen molar-refractivity contribution in [2.45, 2.75) is 50.7 Å². The fourth-order valence-electron chi connectivity index (χ4n) is 2.92. The molecule has 0 aromatic carbocycles. The Morgan fingerprint density at radius 2 is 2.16 bits per heavy atom. The third kappa shape index (κ3) is 4.01. The summed E-state index contributed by atoms with van der Waals surface area (Å²) >= 11 is 3.51. The van der Waals surface area contributed by atoms with Crippen molar-refractivity contribution < 1.29 is 0 Å². The highest BCUT2D eigenvalue weighted by molar-refractivity contribution is 9.10. The molecule has 0 bridgehead atoms. The van der Waals surface area contributed by atoms with Crippen molar-refractivity contribution in [3.8, 4) is 0 Å². The van der Waals surface area contributed by atoms with Crippen LogP contribution in [0.15, 0.2) is 22.9 Å². The smallest absolute Gasteiger partial charge is 0.0410 e. The molecule has 0 amide bonds. The second-order valence-electron chi connectivity index (χ2n) is 5.82. The van der Waals surface area contributed by atoms with E-state index in [0.717, 1.165) is 17.1 Å². The first-order valence-electron chi connectivity index (χ1n) is 7.38. The van der Waals surface area contributed by atoms with E-state index in [0.29, 0.717) is 6.04 Å². The molecule has 1 aromatic heterocycles. The van der Waals surface area contributed by atoms with Gasteiger partial charge in [0.15, 0.2) is 0 Å². The maximum Gasteiger partial charge on any atom is 0.0410 e. The van der Waals surface area contributed by atoms with E-state index in [1.54, 1.807) is 0 Å². The van der Waals surface area contributed by atoms with Crippen LogP contribution in [0.1, 0.15) is 37.7 Å². The van der Waals surface area contributed by atoms with E-state index in [4.69, 9.17) is 0 Å². The van der Waals surface area contributed by atoms with E-state index in [9.17, 15) is 0 Å². The fourth-order valence-corrected chi connectivity index (χ4v) is 3.33. The monoisotopic (exact) mass is 323 g/mol. The van der Waals surface area contributed by atoms with Gasteiger partial charge in [-0.05, 0) is 59.8 Å². The summed E-state index contributed by atoms with van der Waals surface area (Å²) in [7, 11) is 0. The Morgan fingerprint density at radius 1 is 1.26 bits per heavy atom. The van der Waals surface area contributed by atoms with Gasteiger partial charge in [0.05, 0.1) is 0 Å². The number of hydrogen-bond donors (Lipinski definition) is 1. The standard InChI is InChI=1S/C15H22BrN3/c16-13-7-12(8-17-9-13)10-19(15-4-5-15)11-14-3-1-2-6-18-14/h7-9,14-15,18H,1-6,10-11H2. The van der Waals surface area contributed by atoms with Gasteiger partial charge in [-0.2, -0.15) is 0 Å². The van der Waals surface area contributed by atoms with Crippen LogP contribution in [0, 0.1) is 0 Å². The molecule has 1 aromatic rings. The Bertz CT molecular complexity index is 414. The van der Waals surface area contributed by atoms with Crippen LogP contribution in [0.5, 0.6) is 0 Å². The van der Waals surface area contributed by atoms with Crippen molar-refractivity contribution in [2.75, 3.05) is 13.1 Å². The average molecular weight is 324 g/mol. The van der Waals surface area contributed by atoms with Crippen LogP contribution >= 0.6 is 15.9 Å². The Labute approximate surface area is 123 Å². The lowest BCUT2D eigenvalue weighted by Gasteiger charge is -2.30. The third-order valence-electron chi connectivity index (χ3n) is 4.08. The first-order chi connectivity index (χ1) is 9.31. The van der Waals surface area contributed by atoms with Crippen LogP contribution in [0.2, 0.25) is 0 Å². The quantitative estimate of drug-likeness (QED) is 0.903. The minimum absolute atomic E-state index is 0.689. The molecule has 0 spiro atoms. The molecule has 1 unspecified atom stereocenters. The van der Waals surface area contributed by atoms with Crippen LogP contribution in [0.3, 0.4) is 0 Å². The number of aromatic nitrogens is 1. The molecule has 104 valence electrons. The first kappa shape index (κ1) is 13.5. The molecule has 19 heavy (non-hydrogen) atoms. The highest BCUT2D eigenvalue weighted by Gasteiger charge is 2.30.